The summed E-state index contributed by atoms with van der Waals surface area (Å²) in [4.78, 5) is 0. The van der Waals surface area contributed by atoms with Crippen LogP contribution in [0.4, 0.5) is 0 Å². The van der Waals surface area contributed by atoms with E-state index in [4.69, 9.17) is 9.47 Å². The average molecular weight is 427 g/mol. The van der Waals surface area contributed by atoms with Crippen molar-refractivity contribution in [2.45, 2.75) is 58.9 Å². The zero-order valence-corrected chi connectivity index (χ0v) is 18.5. The van der Waals surface area contributed by atoms with Crippen molar-refractivity contribution in [3.05, 3.63) is 23.8 Å². The zero-order chi connectivity index (χ0) is 18.8. The summed E-state index contributed by atoms with van der Waals surface area (Å²) in [5.41, 5.74) is 0.927. The SMILES string of the molecule is Cc1cccc(OCC(O)CNC(C)C)c1OCC(O)CNC(C)C.Cl.Cl. The molecule has 27 heavy (non-hydrogen) atoms. The van der Waals surface area contributed by atoms with Crippen LogP contribution in [0, 0.1) is 6.92 Å². The lowest BCUT2D eigenvalue weighted by Crippen LogP contribution is -2.35. The molecule has 1 aromatic carbocycles. The van der Waals surface area contributed by atoms with Crippen molar-refractivity contribution in [3.63, 3.8) is 0 Å². The molecule has 2 atom stereocenters. The van der Waals surface area contributed by atoms with E-state index < -0.39 is 12.2 Å². The molecule has 0 spiro atoms. The molecule has 0 aliphatic rings. The van der Waals surface area contributed by atoms with E-state index in [9.17, 15) is 10.2 Å². The van der Waals surface area contributed by atoms with Gasteiger partial charge >= 0.3 is 0 Å². The molecule has 1 aromatic rings. The van der Waals surface area contributed by atoms with Crippen LogP contribution >= 0.6 is 24.8 Å². The van der Waals surface area contributed by atoms with Crippen LogP contribution in [0.2, 0.25) is 0 Å². The van der Waals surface area contributed by atoms with Crippen LogP contribution in [-0.4, -0.2) is 60.8 Å². The highest BCUT2D eigenvalue weighted by Crippen LogP contribution is 2.31. The number of benzene rings is 1. The van der Waals surface area contributed by atoms with Crippen LogP contribution in [0.1, 0.15) is 33.3 Å². The molecule has 0 aromatic heterocycles. The van der Waals surface area contributed by atoms with Crippen LogP contribution in [0.3, 0.4) is 0 Å². The van der Waals surface area contributed by atoms with Crippen LogP contribution in [0.5, 0.6) is 11.5 Å². The normalized spacial score (nSPS) is 12.9. The predicted molar refractivity (Wildman–Crippen MR) is 115 cm³/mol. The van der Waals surface area contributed by atoms with Crippen LogP contribution in [0.15, 0.2) is 18.2 Å². The van der Waals surface area contributed by atoms with Crippen molar-refractivity contribution in [2.24, 2.45) is 0 Å². The molecule has 160 valence electrons. The summed E-state index contributed by atoms with van der Waals surface area (Å²) in [5.74, 6) is 1.18. The standard InChI is InChI=1S/C19H34N2O4.2ClH/c1-13(2)20-9-16(22)11-24-18-8-6-7-15(5)19(18)25-12-17(23)10-21-14(3)4;;/h6-8,13-14,16-17,20-23H,9-12H2,1-5H3;2*1H. The number of nitrogens with one attached hydrogen (secondary N) is 2. The monoisotopic (exact) mass is 426 g/mol. The molecule has 6 nitrogen and oxygen atoms in total. The molecule has 4 N–H and O–H groups in total. The van der Waals surface area contributed by atoms with Gasteiger partial charge in [0.2, 0.25) is 0 Å². The highest BCUT2D eigenvalue weighted by Gasteiger charge is 2.13. The molecule has 2 unspecified atom stereocenters. The smallest absolute Gasteiger partial charge is 0.164 e. The third-order valence-corrected chi connectivity index (χ3v) is 3.55. The second kappa shape index (κ2) is 15.2. The van der Waals surface area contributed by atoms with Crippen LogP contribution in [0.25, 0.3) is 0 Å². The van der Waals surface area contributed by atoms with Crippen molar-refractivity contribution in [3.8, 4) is 11.5 Å². The number of aliphatic hydroxyl groups excluding tert-OH is 2. The summed E-state index contributed by atoms with van der Waals surface area (Å²) < 4.78 is 11.5. The van der Waals surface area contributed by atoms with Crippen molar-refractivity contribution in [1.82, 2.24) is 10.6 Å². The Hall–Kier alpha value is -0.760. The van der Waals surface area contributed by atoms with E-state index in [-0.39, 0.29) is 38.0 Å². The molecule has 0 amide bonds. The lowest BCUT2D eigenvalue weighted by Gasteiger charge is -2.19. The molecule has 0 aliphatic heterocycles. The van der Waals surface area contributed by atoms with E-state index in [1.165, 1.54) is 0 Å². The Kier molecular flexibility index (Phi) is 16.0. The largest absolute Gasteiger partial charge is 0.487 e. The summed E-state index contributed by atoms with van der Waals surface area (Å²) in [6.07, 6.45) is -1.20. The van der Waals surface area contributed by atoms with E-state index in [2.05, 4.69) is 10.6 Å². The number of aliphatic hydroxyl groups is 2. The minimum atomic E-state index is -0.601. The third-order valence-electron chi connectivity index (χ3n) is 3.55. The molecule has 0 saturated carbocycles. The maximum Gasteiger partial charge on any atom is 0.164 e. The van der Waals surface area contributed by atoms with Gasteiger partial charge in [-0.25, -0.2) is 0 Å². The summed E-state index contributed by atoms with van der Waals surface area (Å²) in [6.45, 7) is 11.3. The third kappa shape index (κ3) is 12.3. The lowest BCUT2D eigenvalue weighted by molar-refractivity contribution is 0.0906. The van der Waals surface area contributed by atoms with Gasteiger partial charge in [0.1, 0.15) is 25.4 Å². The first kappa shape index (κ1) is 28.4. The fraction of sp³-hybridized carbons (Fsp3) is 0.684. The fourth-order valence-electron chi connectivity index (χ4n) is 2.15. The second-order valence-electron chi connectivity index (χ2n) is 6.96. The number of rotatable bonds is 12. The quantitative estimate of drug-likeness (QED) is 0.410. The minimum Gasteiger partial charge on any atom is -0.487 e. The second-order valence-corrected chi connectivity index (χ2v) is 6.96. The molecule has 0 bridgehead atoms. The topological polar surface area (TPSA) is 83.0 Å². The zero-order valence-electron chi connectivity index (χ0n) is 16.9. The predicted octanol–water partition coefficient (Wildman–Crippen LogP) is 2.31. The minimum absolute atomic E-state index is 0. The van der Waals surface area contributed by atoms with Crippen LogP contribution < -0.4 is 20.1 Å². The van der Waals surface area contributed by atoms with Gasteiger partial charge in [-0.15, -0.1) is 24.8 Å². The van der Waals surface area contributed by atoms with Crippen LogP contribution in [-0.2, 0) is 0 Å². The van der Waals surface area contributed by atoms with E-state index in [0.717, 1.165) is 5.56 Å². The average Bonchev–Trinajstić information content (AvgIpc) is 2.55. The summed E-state index contributed by atoms with van der Waals surface area (Å²) >= 11 is 0. The van der Waals surface area contributed by atoms with Crippen molar-refractivity contribution in [2.75, 3.05) is 26.3 Å². The molecule has 8 heteroatoms. The molecule has 0 heterocycles. The maximum absolute atomic E-state index is 10.0. The van der Waals surface area contributed by atoms with Gasteiger partial charge in [-0.2, -0.15) is 0 Å². The van der Waals surface area contributed by atoms with Crippen molar-refractivity contribution < 1.29 is 19.7 Å². The highest BCUT2D eigenvalue weighted by molar-refractivity contribution is 5.85. The Bertz CT molecular complexity index is 505. The Morgan fingerprint density at radius 3 is 1.81 bits per heavy atom. The van der Waals surface area contributed by atoms with E-state index in [1.54, 1.807) is 0 Å². The highest BCUT2D eigenvalue weighted by atomic mass is 35.5. The Morgan fingerprint density at radius 2 is 1.33 bits per heavy atom. The maximum atomic E-state index is 10.0. The van der Waals surface area contributed by atoms with E-state index >= 15 is 0 Å². The van der Waals surface area contributed by atoms with E-state index in [1.807, 2.05) is 52.8 Å². The molecular weight excluding hydrogens is 391 g/mol. The van der Waals surface area contributed by atoms with Gasteiger partial charge in [0.15, 0.2) is 11.5 Å². The molecule has 0 aliphatic carbocycles. The van der Waals surface area contributed by atoms with Crippen molar-refractivity contribution >= 4 is 24.8 Å². The number of ether oxygens (including phenoxy) is 2. The molecule has 0 radical (unpaired) electrons. The van der Waals surface area contributed by atoms with Gasteiger partial charge < -0.3 is 30.3 Å². The summed E-state index contributed by atoms with van der Waals surface area (Å²) in [6, 6.07) is 6.25. The molecule has 0 fully saturated rings. The summed E-state index contributed by atoms with van der Waals surface area (Å²) in [5, 5.41) is 26.3. The number of hydrogen-bond acceptors (Lipinski definition) is 6. The van der Waals surface area contributed by atoms with Gasteiger partial charge in [-0.3, -0.25) is 0 Å². The Labute approximate surface area is 175 Å². The lowest BCUT2D eigenvalue weighted by atomic mass is 10.2. The molecule has 1 rings (SSSR count). The number of halogens is 2. The number of aryl methyl sites for hydroxylation is 1. The molecular formula is C19H36Cl2N2O4. The van der Waals surface area contributed by atoms with Gasteiger partial charge in [-0.1, -0.05) is 39.8 Å². The Morgan fingerprint density at radius 1 is 0.852 bits per heavy atom. The van der Waals surface area contributed by atoms with E-state index in [0.29, 0.717) is 36.7 Å². The van der Waals surface area contributed by atoms with Crippen molar-refractivity contribution in [1.29, 1.82) is 0 Å². The fourth-order valence-corrected chi connectivity index (χ4v) is 2.15. The number of hydrogen-bond donors (Lipinski definition) is 4. The van der Waals surface area contributed by atoms with Gasteiger partial charge in [-0.05, 0) is 18.6 Å². The Balaban J connectivity index is 0. The first-order valence-corrected chi connectivity index (χ1v) is 8.97. The first-order chi connectivity index (χ1) is 11.8. The number of para-hydroxylation sites is 1. The van der Waals surface area contributed by atoms with Gasteiger partial charge in [0.05, 0.1) is 0 Å². The van der Waals surface area contributed by atoms with Gasteiger partial charge in [0.25, 0.3) is 0 Å². The first-order valence-electron chi connectivity index (χ1n) is 8.97. The molecule has 0 saturated heterocycles. The summed E-state index contributed by atoms with van der Waals surface area (Å²) in [7, 11) is 0. The van der Waals surface area contributed by atoms with Gasteiger partial charge in [0, 0.05) is 25.2 Å².